The van der Waals surface area contributed by atoms with E-state index in [9.17, 15) is 18.4 Å². The molecule has 0 spiro atoms. The van der Waals surface area contributed by atoms with Gasteiger partial charge in [0.15, 0.2) is 0 Å². The fraction of sp³-hybridized carbons (Fsp3) is 0.450. The van der Waals surface area contributed by atoms with Crippen LogP contribution in [0.25, 0.3) is 0 Å². The van der Waals surface area contributed by atoms with Crippen molar-refractivity contribution in [2.45, 2.75) is 31.8 Å². The molecular weight excluding hydrogens is 508 g/mol. The van der Waals surface area contributed by atoms with Crippen molar-refractivity contribution in [3.8, 4) is 5.88 Å². The number of carbonyl (C=O) groups is 2. The SMILES string of the molecule is NC(=O)c1c(OC(F)(F)c2ccc(Br)cc2)nsc1NC(=O)NCCCCN1CCCC1. The first-order chi connectivity index (χ1) is 15.3. The lowest BCUT2D eigenvalue weighted by molar-refractivity contribution is -0.187. The number of halogens is 3. The van der Waals surface area contributed by atoms with Gasteiger partial charge in [0.1, 0.15) is 10.6 Å². The second-order valence-corrected chi connectivity index (χ2v) is 9.01. The number of rotatable bonds is 10. The highest BCUT2D eigenvalue weighted by atomic mass is 79.9. The van der Waals surface area contributed by atoms with E-state index in [0.717, 1.165) is 32.5 Å². The summed E-state index contributed by atoms with van der Waals surface area (Å²) in [6.07, 6.45) is 0.463. The fourth-order valence-electron chi connectivity index (χ4n) is 3.29. The molecule has 0 bridgehead atoms. The molecule has 4 N–H and O–H groups in total. The number of hydrogen-bond acceptors (Lipinski definition) is 6. The zero-order valence-corrected chi connectivity index (χ0v) is 19.6. The molecule has 2 heterocycles. The largest absolute Gasteiger partial charge is 0.427 e. The first-order valence-corrected chi connectivity index (χ1v) is 11.7. The second kappa shape index (κ2) is 11.0. The number of ether oxygens (including phenoxy) is 1. The van der Waals surface area contributed by atoms with Crippen molar-refractivity contribution >= 4 is 44.4 Å². The summed E-state index contributed by atoms with van der Waals surface area (Å²) in [5, 5.41) is 5.06. The summed E-state index contributed by atoms with van der Waals surface area (Å²) in [4.78, 5) is 26.4. The second-order valence-electron chi connectivity index (χ2n) is 7.32. The molecule has 3 amide bonds. The predicted molar refractivity (Wildman–Crippen MR) is 121 cm³/mol. The Labute approximate surface area is 196 Å². The van der Waals surface area contributed by atoms with Gasteiger partial charge in [-0.15, -0.1) is 0 Å². The Morgan fingerprint density at radius 1 is 1.22 bits per heavy atom. The number of likely N-dealkylation sites (tertiary alicyclic amines) is 1. The maximum Gasteiger partial charge on any atom is 0.427 e. The molecule has 1 saturated heterocycles. The Morgan fingerprint density at radius 3 is 2.56 bits per heavy atom. The number of unbranched alkanes of at least 4 members (excludes halogenated alkanes) is 1. The van der Waals surface area contributed by atoms with Gasteiger partial charge in [-0.3, -0.25) is 10.1 Å². The molecule has 8 nitrogen and oxygen atoms in total. The van der Waals surface area contributed by atoms with Crippen molar-refractivity contribution in [3.63, 3.8) is 0 Å². The van der Waals surface area contributed by atoms with Crippen molar-refractivity contribution < 1.29 is 23.1 Å². The van der Waals surface area contributed by atoms with Gasteiger partial charge in [0.2, 0.25) is 5.88 Å². The zero-order valence-electron chi connectivity index (χ0n) is 17.2. The standard InChI is InChI=1S/C20H24BrF2N5O3S/c21-14-7-5-13(6-8-14)20(22,23)31-17-15(16(24)29)18(32-27-17)26-19(30)25-9-1-2-10-28-11-3-4-12-28/h5-8H,1-4,9-12H2,(H2,24,29)(H2,25,26,30). The first-order valence-electron chi connectivity index (χ1n) is 10.2. The molecule has 12 heteroatoms. The lowest BCUT2D eigenvalue weighted by Crippen LogP contribution is -2.31. The molecule has 174 valence electrons. The lowest BCUT2D eigenvalue weighted by Gasteiger charge is -2.17. The monoisotopic (exact) mass is 531 g/mol. The Morgan fingerprint density at radius 2 is 1.91 bits per heavy atom. The van der Waals surface area contributed by atoms with E-state index < -0.39 is 35.1 Å². The minimum atomic E-state index is -3.76. The molecule has 1 aliphatic rings. The van der Waals surface area contributed by atoms with E-state index in [-0.39, 0.29) is 5.00 Å². The van der Waals surface area contributed by atoms with E-state index in [1.165, 1.54) is 37.1 Å². The number of alkyl halides is 2. The van der Waals surface area contributed by atoms with Gasteiger partial charge in [-0.2, -0.15) is 13.2 Å². The number of amides is 3. The third kappa shape index (κ3) is 6.59. The average Bonchev–Trinajstić information content (AvgIpc) is 3.38. The number of nitrogens with zero attached hydrogens (tertiary/aromatic N) is 2. The summed E-state index contributed by atoms with van der Waals surface area (Å²) in [5.74, 6) is -1.68. The maximum absolute atomic E-state index is 14.5. The number of nitrogens with two attached hydrogens (primary N) is 1. The van der Waals surface area contributed by atoms with Crippen LogP contribution in [0.15, 0.2) is 28.7 Å². The predicted octanol–water partition coefficient (Wildman–Crippen LogP) is 4.13. The van der Waals surface area contributed by atoms with E-state index in [2.05, 4.69) is 35.8 Å². The number of urea groups is 1. The number of aromatic nitrogens is 1. The van der Waals surface area contributed by atoms with Crippen molar-refractivity contribution in [2.24, 2.45) is 5.73 Å². The smallest absolute Gasteiger partial charge is 0.409 e. The van der Waals surface area contributed by atoms with Crippen LogP contribution in [-0.4, -0.2) is 47.4 Å². The third-order valence-corrected chi connectivity index (χ3v) is 6.20. The Balaban J connectivity index is 1.56. The van der Waals surface area contributed by atoms with Gasteiger partial charge in [0.05, 0.1) is 5.56 Å². The molecular formula is C20H24BrF2N5O3S. The van der Waals surface area contributed by atoms with Crippen LogP contribution in [-0.2, 0) is 6.11 Å². The topological polar surface area (TPSA) is 110 Å². The van der Waals surface area contributed by atoms with Crippen LogP contribution in [0, 0.1) is 0 Å². The van der Waals surface area contributed by atoms with Crippen LogP contribution >= 0.6 is 27.5 Å². The third-order valence-electron chi connectivity index (χ3n) is 4.92. The number of hydrogen-bond donors (Lipinski definition) is 3. The molecule has 1 aromatic carbocycles. The van der Waals surface area contributed by atoms with E-state index in [4.69, 9.17) is 10.5 Å². The Kier molecular flexibility index (Phi) is 8.38. The number of benzene rings is 1. The molecule has 0 atom stereocenters. The van der Waals surface area contributed by atoms with Gasteiger partial charge in [0.25, 0.3) is 5.91 Å². The Hall–Kier alpha value is -2.31. The molecule has 0 radical (unpaired) electrons. The van der Waals surface area contributed by atoms with Gasteiger partial charge in [0, 0.05) is 11.0 Å². The number of anilines is 1. The van der Waals surface area contributed by atoms with E-state index in [1.54, 1.807) is 0 Å². The van der Waals surface area contributed by atoms with Gasteiger partial charge < -0.3 is 20.7 Å². The minimum absolute atomic E-state index is 0.0614. The molecule has 3 rings (SSSR count). The Bertz CT molecular complexity index is 936. The summed E-state index contributed by atoms with van der Waals surface area (Å²) >= 11 is 3.81. The zero-order chi connectivity index (χ0) is 23.1. The number of carbonyl (C=O) groups excluding carboxylic acids is 2. The molecule has 1 fully saturated rings. The molecule has 1 aromatic heterocycles. The van der Waals surface area contributed by atoms with Gasteiger partial charge in [-0.05, 0) is 81.1 Å². The van der Waals surface area contributed by atoms with Crippen LogP contribution in [0.4, 0.5) is 18.6 Å². The molecule has 32 heavy (non-hydrogen) atoms. The minimum Gasteiger partial charge on any atom is -0.409 e. The van der Waals surface area contributed by atoms with E-state index in [0.29, 0.717) is 22.5 Å². The number of primary amides is 1. The van der Waals surface area contributed by atoms with Crippen molar-refractivity contribution in [3.05, 3.63) is 39.9 Å². The highest BCUT2D eigenvalue weighted by molar-refractivity contribution is 9.10. The van der Waals surface area contributed by atoms with Crippen LogP contribution < -0.4 is 21.1 Å². The molecule has 0 unspecified atom stereocenters. The molecule has 1 aliphatic heterocycles. The summed E-state index contributed by atoms with van der Waals surface area (Å²) < 4.78 is 38.1. The van der Waals surface area contributed by atoms with Gasteiger partial charge in [-0.1, -0.05) is 15.9 Å². The van der Waals surface area contributed by atoms with Crippen LogP contribution in [0.2, 0.25) is 0 Å². The highest BCUT2D eigenvalue weighted by Gasteiger charge is 2.37. The van der Waals surface area contributed by atoms with Crippen molar-refractivity contribution in [2.75, 3.05) is 31.5 Å². The lowest BCUT2D eigenvalue weighted by atomic mass is 10.2. The van der Waals surface area contributed by atoms with Crippen LogP contribution in [0.1, 0.15) is 41.6 Å². The first kappa shape index (κ1) is 24.3. The summed E-state index contributed by atoms with van der Waals surface area (Å²) in [6, 6.07) is 4.65. The summed E-state index contributed by atoms with van der Waals surface area (Å²) in [6.45, 7) is 3.69. The summed E-state index contributed by atoms with van der Waals surface area (Å²) in [5.41, 5.74) is 4.50. The van der Waals surface area contributed by atoms with E-state index in [1.807, 2.05) is 0 Å². The van der Waals surface area contributed by atoms with Crippen LogP contribution in [0.5, 0.6) is 5.88 Å². The van der Waals surface area contributed by atoms with Crippen molar-refractivity contribution in [1.82, 2.24) is 14.6 Å². The highest BCUT2D eigenvalue weighted by Crippen LogP contribution is 2.37. The quantitative estimate of drug-likeness (QED) is 0.399. The van der Waals surface area contributed by atoms with Gasteiger partial charge in [-0.25, -0.2) is 4.79 Å². The molecule has 0 saturated carbocycles. The van der Waals surface area contributed by atoms with Crippen LogP contribution in [0.3, 0.4) is 0 Å². The number of nitrogens with one attached hydrogen (secondary N) is 2. The van der Waals surface area contributed by atoms with E-state index >= 15 is 0 Å². The maximum atomic E-state index is 14.5. The van der Waals surface area contributed by atoms with Crippen molar-refractivity contribution in [1.29, 1.82) is 0 Å². The summed E-state index contributed by atoms with van der Waals surface area (Å²) in [7, 11) is 0. The molecule has 2 aromatic rings. The normalized spacial score (nSPS) is 14.3. The average molecular weight is 532 g/mol. The molecule has 0 aliphatic carbocycles. The van der Waals surface area contributed by atoms with Gasteiger partial charge >= 0.3 is 12.1 Å². The fourth-order valence-corrected chi connectivity index (χ4v) is 4.27.